The van der Waals surface area contributed by atoms with Crippen LogP contribution in [0.1, 0.15) is 26.3 Å². The zero-order valence-electron chi connectivity index (χ0n) is 14.9. The molecule has 0 saturated carbocycles. The lowest BCUT2D eigenvalue weighted by Gasteiger charge is -2.44. The molecule has 26 heavy (non-hydrogen) atoms. The van der Waals surface area contributed by atoms with Gasteiger partial charge in [0.1, 0.15) is 30.9 Å². The molecule has 1 aliphatic heterocycles. The van der Waals surface area contributed by atoms with Gasteiger partial charge in [-0.25, -0.2) is 14.7 Å². The molecule has 1 aromatic carbocycles. The first kappa shape index (κ1) is 19.5. The van der Waals surface area contributed by atoms with Gasteiger partial charge in [-0.2, -0.15) is 0 Å². The topological polar surface area (TPSA) is 120 Å². The summed E-state index contributed by atoms with van der Waals surface area (Å²) in [6.07, 6.45) is -1.73. The Labute approximate surface area is 151 Å². The van der Waals surface area contributed by atoms with Crippen LogP contribution >= 0.6 is 0 Å². The first-order chi connectivity index (χ1) is 12.2. The van der Waals surface area contributed by atoms with Gasteiger partial charge in [0.15, 0.2) is 0 Å². The van der Waals surface area contributed by atoms with Crippen molar-refractivity contribution in [1.82, 2.24) is 10.4 Å². The lowest BCUT2D eigenvalue weighted by Crippen LogP contribution is -2.72. The predicted octanol–water partition coefficient (Wildman–Crippen LogP) is 1.32. The van der Waals surface area contributed by atoms with E-state index in [9.17, 15) is 14.4 Å². The van der Waals surface area contributed by atoms with Crippen LogP contribution < -0.4 is 11.1 Å². The third-order valence-corrected chi connectivity index (χ3v) is 3.45. The van der Waals surface area contributed by atoms with Crippen molar-refractivity contribution in [3.8, 4) is 0 Å². The smallest absolute Gasteiger partial charge is 0.408 e. The van der Waals surface area contributed by atoms with E-state index in [2.05, 4.69) is 5.32 Å². The van der Waals surface area contributed by atoms with Crippen molar-refractivity contribution >= 4 is 18.1 Å². The summed E-state index contributed by atoms with van der Waals surface area (Å²) >= 11 is 0. The SMILES string of the molecule is CC(C)(C)OC(=O)NC1C(=O)N(OCc2ccccc2)C1COC(N)=O. The van der Waals surface area contributed by atoms with Gasteiger partial charge in [-0.15, -0.1) is 0 Å². The highest BCUT2D eigenvalue weighted by atomic mass is 16.7. The zero-order chi connectivity index (χ0) is 19.3. The number of hydroxylamine groups is 2. The zero-order valence-corrected chi connectivity index (χ0v) is 14.9. The standard InChI is InChI=1S/C17H23N3O6/c1-17(2,3)26-16(23)19-13-12(10-24-15(18)22)20(14(13)21)25-9-11-7-5-4-6-8-11/h4-8,12-13H,9-10H2,1-3H3,(H2,18,22)(H,19,23). The number of benzene rings is 1. The molecule has 0 bridgehead atoms. The maximum absolute atomic E-state index is 12.3. The fourth-order valence-corrected chi connectivity index (χ4v) is 2.32. The number of hydrogen-bond acceptors (Lipinski definition) is 6. The Balaban J connectivity index is 1.98. The number of β-lactam (4-membered cyclic amide) rings is 1. The quantitative estimate of drug-likeness (QED) is 0.734. The van der Waals surface area contributed by atoms with Gasteiger partial charge >= 0.3 is 12.2 Å². The summed E-state index contributed by atoms with van der Waals surface area (Å²) in [6, 6.07) is 7.61. The van der Waals surface area contributed by atoms with E-state index in [1.54, 1.807) is 20.8 Å². The molecule has 2 unspecified atom stereocenters. The molecule has 3 amide bonds. The molecule has 1 saturated heterocycles. The van der Waals surface area contributed by atoms with E-state index >= 15 is 0 Å². The van der Waals surface area contributed by atoms with Crippen LogP contribution in [0.25, 0.3) is 0 Å². The van der Waals surface area contributed by atoms with Crippen molar-refractivity contribution in [2.75, 3.05) is 6.61 Å². The van der Waals surface area contributed by atoms with Crippen molar-refractivity contribution in [3.05, 3.63) is 35.9 Å². The van der Waals surface area contributed by atoms with E-state index in [1.807, 2.05) is 30.3 Å². The van der Waals surface area contributed by atoms with Gasteiger partial charge in [0.05, 0.1) is 0 Å². The Bertz CT molecular complexity index is 658. The van der Waals surface area contributed by atoms with Crippen LogP contribution in [0, 0.1) is 0 Å². The molecule has 0 aliphatic carbocycles. The van der Waals surface area contributed by atoms with Gasteiger partial charge in [-0.3, -0.25) is 9.63 Å². The monoisotopic (exact) mass is 365 g/mol. The molecule has 0 spiro atoms. The molecule has 142 valence electrons. The predicted molar refractivity (Wildman–Crippen MR) is 90.6 cm³/mol. The Morgan fingerprint density at radius 2 is 1.88 bits per heavy atom. The van der Waals surface area contributed by atoms with Gasteiger partial charge in [-0.05, 0) is 26.3 Å². The van der Waals surface area contributed by atoms with Crippen molar-refractivity contribution in [2.45, 2.75) is 45.1 Å². The Morgan fingerprint density at radius 3 is 2.46 bits per heavy atom. The number of nitrogens with one attached hydrogen (secondary N) is 1. The number of carbonyl (C=O) groups excluding carboxylic acids is 3. The number of hydrogen-bond donors (Lipinski definition) is 2. The summed E-state index contributed by atoms with van der Waals surface area (Å²) in [5.41, 5.74) is 5.13. The molecule has 1 aromatic rings. The Morgan fingerprint density at radius 1 is 1.23 bits per heavy atom. The van der Waals surface area contributed by atoms with Gasteiger partial charge in [0.25, 0.3) is 5.91 Å². The van der Waals surface area contributed by atoms with Gasteiger partial charge in [0, 0.05) is 0 Å². The number of primary amides is 1. The number of ether oxygens (including phenoxy) is 2. The van der Waals surface area contributed by atoms with E-state index in [1.165, 1.54) is 0 Å². The minimum atomic E-state index is -0.983. The molecular formula is C17H23N3O6. The van der Waals surface area contributed by atoms with Crippen LogP contribution in [0.3, 0.4) is 0 Å². The van der Waals surface area contributed by atoms with Crippen molar-refractivity contribution < 1.29 is 28.7 Å². The summed E-state index contributed by atoms with van der Waals surface area (Å²) in [7, 11) is 0. The summed E-state index contributed by atoms with van der Waals surface area (Å²) in [5.74, 6) is -0.468. The summed E-state index contributed by atoms with van der Waals surface area (Å²) in [4.78, 5) is 40.6. The second-order valence-electron chi connectivity index (χ2n) is 6.74. The minimum absolute atomic E-state index is 0.152. The van der Waals surface area contributed by atoms with E-state index in [0.717, 1.165) is 10.6 Å². The van der Waals surface area contributed by atoms with Gasteiger partial charge in [-0.1, -0.05) is 30.3 Å². The van der Waals surface area contributed by atoms with E-state index < -0.39 is 35.8 Å². The van der Waals surface area contributed by atoms with Crippen molar-refractivity contribution in [1.29, 1.82) is 0 Å². The third-order valence-electron chi connectivity index (χ3n) is 3.45. The van der Waals surface area contributed by atoms with E-state index in [-0.39, 0.29) is 13.2 Å². The molecule has 2 atom stereocenters. The van der Waals surface area contributed by atoms with Crippen molar-refractivity contribution in [3.63, 3.8) is 0 Å². The Kier molecular flexibility index (Phi) is 6.04. The molecule has 0 radical (unpaired) electrons. The number of alkyl carbamates (subject to hydrolysis) is 1. The maximum atomic E-state index is 12.3. The fourth-order valence-electron chi connectivity index (χ4n) is 2.32. The molecule has 9 nitrogen and oxygen atoms in total. The maximum Gasteiger partial charge on any atom is 0.408 e. The average molecular weight is 365 g/mol. The summed E-state index contributed by atoms with van der Waals surface area (Å²) in [5, 5.41) is 3.53. The highest BCUT2D eigenvalue weighted by Gasteiger charge is 2.50. The minimum Gasteiger partial charge on any atom is -0.447 e. The Hall–Kier alpha value is -2.81. The van der Waals surface area contributed by atoms with Crippen LogP contribution in [0.5, 0.6) is 0 Å². The summed E-state index contributed by atoms with van der Waals surface area (Å²) < 4.78 is 9.90. The third kappa shape index (κ3) is 5.35. The average Bonchev–Trinajstić information content (AvgIpc) is 2.54. The summed E-state index contributed by atoms with van der Waals surface area (Å²) in [6.45, 7) is 5.06. The molecule has 2 rings (SSSR count). The van der Waals surface area contributed by atoms with Crippen LogP contribution in [-0.2, 0) is 25.7 Å². The second-order valence-corrected chi connectivity index (χ2v) is 6.74. The van der Waals surface area contributed by atoms with Crippen molar-refractivity contribution in [2.24, 2.45) is 5.73 Å². The first-order valence-corrected chi connectivity index (χ1v) is 8.09. The van der Waals surface area contributed by atoms with E-state index in [4.69, 9.17) is 20.0 Å². The number of nitrogens with two attached hydrogens (primary N) is 1. The normalized spacial score (nSPS) is 19.5. The number of amides is 3. The molecule has 1 aliphatic rings. The lowest BCUT2D eigenvalue weighted by atomic mass is 9.99. The molecule has 0 aromatic heterocycles. The van der Waals surface area contributed by atoms with Crippen LogP contribution in [0.15, 0.2) is 30.3 Å². The molecule has 1 heterocycles. The van der Waals surface area contributed by atoms with Crippen LogP contribution in [-0.4, -0.2) is 47.4 Å². The number of rotatable bonds is 6. The van der Waals surface area contributed by atoms with E-state index in [0.29, 0.717) is 0 Å². The highest BCUT2D eigenvalue weighted by molar-refractivity contribution is 5.91. The molecule has 1 fully saturated rings. The number of nitrogens with zero attached hydrogens (tertiary/aromatic N) is 1. The largest absolute Gasteiger partial charge is 0.447 e. The fraction of sp³-hybridized carbons (Fsp3) is 0.471. The van der Waals surface area contributed by atoms with Gasteiger partial charge < -0.3 is 20.5 Å². The lowest BCUT2D eigenvalue weighted by molar-refractivity contribution is -0.244. The van der Waals surface area contributed by atoms with Gasteiger partial charge in [0.2, 0.25) is 0 Å². The number of carbonyl (C=O) groups is 3. The second kappa shape index (κ2) is 8.05. The molecule has 9 heteroatoms. The molecular weight excluding hydrogens is 342 g/mol. The molecule has 3 N–H and O–H groups in total. The first-order valence-electron chi connectivity index (χ1n) is 8.09. The highest BCUT2D eigenvalue weighted by Crippen LogP contribution is 2.23. The van der Waals surface area contributed by atoms with Crippen LogP contribution in [0.2, 0.25) is 0 Å². The van der Waals surface area contributed by atoms with Crippen LogP contribution in [0.4, 0.5) is 9.59 Å².